The lowest BCUT2D eigenvalue weighted by molar-refractivity contribution is 0.101. The third-order valence-corrected chi connectivity index (χ3v) is 3.58. The minimum Gasteiger partial charge on any atom is -0.507 e. The lowest BCUT2D eigenvalue weighted by atomic mass is 10.1. The number of phenolic OH excluding ortho intramolecular Hbond substituents is 1. The van der Waals surface area contributed by atoms with Crippen molar-refractivity contribution in [3.05, 3.63) is 28.3 Å². The predicted molar refractivity (Wildman–Crippen MR) is 73.6 cm³/mol. The number of hydrogen-bond acceptors (Lipinski definition) is 4. The molecule has 0 aliphatic heterocycles. The van der Waals surface area contributed by atoms with E-state index in [-0.39, 0.29) is 23.7 Å². The second-order valence-electron chi connectivity index (χ2n) is 4.94. The number of ketones is 1. The second-order valence-corrected chi connectivity index (χ2v) is 5.38. The van der Waals surface area contributed by atoms with E-state index in [4.69, 9.17) is 16.7 Å². The van der Waals surface area contributed by atoms with E-state index >= 15 is 0 Å². The van der Waals surface area contributed by atoms with Crippen molar-refractivity contribution in [1.29, 1.82) is 0 Å². The van der Waals surface area contributed by atoms with E-state index in [0.29, 0.717) is 29.7 Å². The molecule has 0 spiro atoms. The highest BCUT2D eigenvalue weighted by atomic mass is 35.5. The highest BCUT2D eigenvalue weighted by molar-refractivity contribution is 6.31. The molecular weight excluding hydrogens is 266 g/mol. The molecule has 2 N–H and O–H groups in total. The number of aromatic hydroxyl groups is 1. The fourth-order valence-corrected chi connectivity index (χ4v) is 2.46. The maximum Gasteiger partial charge on any atom is 0.163 e. The van der Waals surface area contributed by atoms with Gasteiger partial charge < -0.3 is 10.2 Å². The molecule has 1 aromatic rings. The van der Waals surface area contributed by atoms with E-state index in [2.05, 4.69) is 4.90 Å². The monoisotopic (exact) mass is 283 g/mol. The molecule has 2 rings (SSSR count). The zero-order valence-corrected chi connectivity index (χ0v) is 11.7. The molecule has 0 bridgehead atoms. The Labute approximate surface area is 117 Å². The first kappa shape index (κ1) is 14.3. The minimum atomic E-state index is -0.207. The number of halogens is 1. The molecule has 0 radical (unpaired) electrons. The Morgan fingerprint density at radius 3 is 2.68 bits per heavy atom. The molecule has 0 saturated heterocycles. The molecule has 0 heterocycles. The zero-order chi connectivity index (χ0) is 14.0. The zero-order valence-electron chi connectivity index (χ0n) is 10.9. The molecule has 19 heavy (non-hydrogen) atoms. The van der Waals surface area contributed by atoms with Crippen LogP contribution in [0.4, 0.5) is 0 Å². The number of Topliss-reactive ketones (excluding diaryl/α,β-unsaturated/α-hetero) is 1. The number of rotatable bonds is 6. The van der Waals surface area contributed by atoms with E-state index in [1.54, 1.807) is 6.07 Å². The van der Waals surface area contributed by atoms with Crippen molar-refractivity contribution < 1.29 is 15.0 Å². The molecule has 1 fully saturated rings. The summed E-state index contributed by atoms with van der Waals surface area (Å²) in [7, 11) is 0. The van der Waals surface area contributed by atoms with Gasteiger partial charge in [0.1, 0.15) is 5.75 Å². The van der Waals surface area contributed by atoms with Crippen LogP contribution in [0.3, 0.4) is 0 Å². The van der Waals surface area contributed by atoms with Gasteiger partial charge >= 0.3 is 0 Å². The van der Waals surface area contributed by atoms with Crippen LogP contribution in [0.1, 0.15) is 35.7 Å². The average Bonchev–Trinajstić information content (AvgIpc) is 3.16. The number of aliphatic hydroxyl groups excluding tert-OH is 1. The first-order valence-corrected chi connectivity index (χ1v) is 6.78. The third kappa shape index (κ3) is 3.47. The fourth-order valence-electron chi connectivity index (χ4n) is 2.22. The van der Waals surface area contributed by atoms with Gasteiger partial charge in [0.05, 0.1) is 12.2 Å². The quantitative estimate of drug-likeness (QED) is 0.786. The molecule has 0 atom stereocenters. The van der Waals surface area contributed by atoms with Gasteiger partial charge in [-0.25, -0.2) is 0 Å². The Morgan fingerprint density at radius 1 is 1.47 bits per heavy atom. The number of hydrogen-bond donors (Lipinski definition) is 2. The molecular formula is C14H18ClNO3. The first-order valence-electron chi connectivity index (χ1n) is 6.40. The van der Waals surface area contributed by atoms with Gasteiger partial charge in [-0.2, -0.15) is 0 Å². The standard InChI is InChI=1S/C14H18ClNO3/c1-9(18)13-7-11(15)6-10(14(13)19)8-16(4-5-17)12-2-3-12/h6-7,12,17,19H,2-5,8H2,1H3. The van der Waals surface area contributed by atoms with Crippen molar-refractivity contribution in [2.75, 3.05) is 13.2 Å². The van der Waals surface area contributed by atoms with E-state index < -0.39 is 0 Å². The lowest BCUT2D eigenvalue weighted by Gasteiger charge is -2.22. The SMILES string of the molecule is CC(=O)c1cc(Cl)cc(CN(CCO)C2CC2)c1O. The van der Waals surface area contributed by atoms with Crippen LogP contribution < -0.4 is 0 Å². The molecule has 1 aromatic carbocycles. The molecule has 0 unspecified atom stereocenters. The summed E-state index contributed by atoms with van der Waals surface area (Å²) >= 11 is 5.99. The molecule has 0 aromatic heterocycles. The molecule has 5 heteroatoms. The van der Waals surface area contributed by atoms with Crippen LogP contribution in [-0.4, -0.2) is 40.1 Å². The highest BCUT2D eigenvalue weighted by Crippen LogP contribution is 2.32. The summed E-state index contributed by atoms with van der Waals surface area (Å²) in [5.74, 6) is -0.207. The molecule has 104 valence electrons. The number of aliphatic hydroxyl groups is 1. The fraction of sp³-hybridized carbons (Fsp3) is 0.500. The van der Waals surface area contributed by atoms with Gasteiger partial charge in [0.15, 0.2) is 5.78 Å². The maximum absolute atomic E-state index is 11.5. The summed E-state index contributed by atoms with van der Waals surface area (Å²) in [6, 6.07) is 3.62. The minimum absolute atomic E-state index is 0.000454. The first-order chi connectivity index (χ1) is 9.02. The number of benzene rings is 1. The van der Waals surface area contributed by atoms with Gasteiger partial charge in [-0.15, -0.1) is 0 Å². The summed E-state index contributed by atoms with van der Waals surface area (Å²) in [5, 5.41) is 19.7. The van der Waals surface area contributed by atoms with Crippen molar-refractivity contribution >= 4 is 17.4 Å². The number of phenols is 1. The number of carbonyl (C=O) groups excluding carboxylic acids is 1. The number of nitrogens with zero attached hydrogens (tertiary/aromatic N) is 1. The van der Waals surface area contributed by atoms with E-state index in [1.807, 2.05) is 0 Å². The Bertz CT molecular complexity index is 486. The summed E-state index contributed by atoms with van der Waals surface area (Å²) in [5.41, 5.74) is 0.889. The second kappa shape index (κ2) is 5.90. The summed E-state index contributed by atoms with van der Waals surface area (Å²) in [4.78, 5) is 13.6. The topological polar surface area (TPSA) is 60.8 Å². The molecule has 1 aliphatic rings. The van der Waals surface area contributed by atoms with E-state index in [9.17, 15) is 9.90 Å². The Kier molecular flexibility index (Phi) is 4.45. The third-order valence-electron chi connectivity index (χ3n) is 3.36. The van der Waals surface area contributed by atoms with Crippen LogP contribution in [0, 0.1) is 0 Å². The normalized spacial score (nSPS) is 14.9. The van der Waals surface area contributed by atoms with Crippen molar-refractivity contribution in [1.82, 2.24) is 4.90 Å². The van der Waals surface area contributed by atoms with Gasteiger partial charge in [-0.1, -0.05) is 11.6 Å². The van der Waals surface area contributed by atoms with Gasteiger partial charge in [0, 0.05) is 29.7 Å². The van der Waals surface area contributed by atoms with Crippen molar-refractivity contribution in [3.63, 3.8) is 0 Å². The highest BCUT2D eigenvalue weighted by Gasteiger charge is 2.29. The molecule has 1 saturated carbocycles. The van der Waals surface area contributed by atoms with E-state index in [1.165, 1.54) is 13.0 Å². The maximum atomic E-state index is 11.5. The largest absolute Gasteiger partial charge is 0.507 e. The summed E-state index contributed by atoms with van der Waals surface area (Å²) in [6.45, 7) is 2.54. The van der Waals surface area contributed by atoms with Crippen LogP contribution in [-0.2, 0) is 6.54 Å². The Morgan fingerprint density at radius 2 is 2.16 bits per heavy atom. The van der Waals surface area contributed by atoms with Crippen molar-refractivity contribution in [3.8, 4) is 5.75 Å². The predicted octanol–water partition coefficient (Wildman–Crippen LogP) is 2.20. The van der Waals surface area contributed by atoms with E-state index in [0.717, 1.165) is 12.8 Å². The van der Waals surface area contributed by atoms with Crippen LogP contribution in [0.25, 0.3) is 0 Å². The lowest BCUT2D eigenvalue weighted by Crippen LogP contribution is -2.28. The summed E-state index contributed by atoms with van der Waals surface area (Å²) < 4.78 is 0. The molecule has 4 nitrogen and oxygen atoms in total. The Balaban J connectivity index is 2.25. The summed E-state index contributed by atoms with van der Waals surface area (Å²) in [6.07, 6.45) is 2.22. The average molecular weight is 284 g/mol. The van der Waals surface area contributed by atoms with Crippen LogP contribution in [0.2, 0.25) is 5.02 Å². The molecule has 1 aliphatic carbocycles. The van der Waals surface area contributed by atoms with Crippen molar-refractivity contribution in [2.45, 2.75) is 32.4 Å². The number of carbonyl (C=O) groups is 1. The van der Waals surface area contributed by atoms with Gasteiger partial charge in [0.2, 0.25) is 0 Å². The Hall–Kier alpha value is -1.10. The molecule has 0 amide bonds. The van der Waals surface area contributed by atoms with Gasteiger partial charge in [-0.3, -0.25) is 9.69 Å². The van der Waals surface area contributed by atoms with Crippen LogP contribution >= 0.6 is 11.6 Å². The van der Waals surface area contributed by atoms with Gasteiger partial charge in [0.25, 0.3) is 0 Å². The van der Waals surface area contributed by atoms with Crippen LogP contribution in [0.15, 0.2) is 12.1 Å². The van der Waals surface area contributed by atoms with Gasteiger partial charge in [-0.05, 0) is 31.9 Å². The smallest absolute Gasteiger partial charge is 0.163 e. The van der Waals surface area contributed by atoms with Crippen LogP contribution in [0.5, 0.6) is 5.75 Å². The van der Waals surface area contributed by atoms with Crippen molar-refractivity contribution in [2.24, 2.45) is 0 Å².